The number of carbonyl (C=O) groups excluding carboxylic acids is 2. The van der Waals surface area contributed by atoms with E-state index in [0.29, 0.717) is 18.2 Å². The van der Waals surface area contributed by atoms with E-state index in [1.165, 1.54) is 21.2 Å². The molecule has 0 saturated carbocycles. The van der Waals surface area contributed by atoms with Gasteiger partial charge in [0, 0.05) is 17.6 Å². The fourth-order valence-electron chi connectivity index (χ4n) is 4.02. The lowest BCUT2D eigenvalue weighted by Crippen LogP contribution is -2.46. The predicted molar refractivity (Wildman–Crippen MR) is 133 cm³/mol. The normalized spacial score (nSPS) is 15.5. The summed E-state index contributed by atoms with van der Waals surface area (Å²) in [6.45, 7) is 6.32. The summed E-state index contributed by atoms with van der Waals surface area (Å²) in [7, 11) is 0. The van der Waals surface area contributed by atoms with Crippen molar-refractivity contribution in [1.29, 1.82) is 0 Å². The van der Waals surface area contributed by atoms with Gasteiger partial charge < -0.3 is 14.8 Å². The van der Waals surface area contributed by atoms with Gasteiger partial charge >= 0.3 is 0 Å². The lowest BCUT2D eigenvalue weighted by atomic mass is 10.1. The zero-order chi connectivity index (χ0) is 23.5. The van der Waals surface area contributed by atoms with Gasteiger partial charge in [-0.15, -0.1) is 11.8 Å². The first kappa shape index (κ1) is 22.9. The summed E-state index contributed by atoms with van der Waals surface area (Å²) >= 11 is 1.51. The number of hydrogen-bond acceptors (Lipinski definition) is 4. The van der Waals surface area contributed by atoms with Crippen LogP contribution in [-0.4, -0.2) is 39.0 Å². The second-order valence-electron chi connectivity index (χ2n) is 8.44. The summed E-state index contributed by atoms with van der Waals surface area (Å²) in [6.07, 6.45) is 1.69. The van der Waals surface area contributed by atoms with E-state index in [1.807, 2.05) is 63.2 Å². The fourth-order valence-corrected chi connectivity index (χ4v) is 5.17. The minimum atomic E-state index is -0.631. The number of amides is 2. The molecule has 1 aliphatic heterocycles. The Morgan fingerprint density at radius 1 is 1.03 bits per heavy atom. The third-order valence-electron chi connectivity index (χ3n) is 5.77. The van der Waals surface area contributed by atoms with Crippen LogP contribution in [0.5, 0.6) is 0 Å². The fraction of sp³-hybridized carbons (Fsp3) is 0.269. The van der Waals surface area contributed by atoms with E-state index in [0.717, 1.165) is 27.9 Å². The molecule has 3 aromatic rings. The van der Waals surface area contributed by atoms with Crippen LogP contribution < -0.4 is 10.9 Å². The minimum absolute atomic E-state index is 0.0805. The van der Waals surface area contributed by atoms with Gasteiger partial charge in [0.05, 0.1) is 12.4 Å². The van der Waals surface area contributed by atoms with Crippen molar-refractivity contribution in [3.8, 4) is 0 Å². The Balaban J connectivity index is 1.54. The van der Waals surface area contributed by atoms with Crippen molar-refractivity contribution in [2.24, 2.45) is 0 Å². The van der Waals surface area contributed by atoms with Gasteiger partial charge in [0.1, 0.15) is 11.6 Å². The van der Waals surface area contributed by atoms with E-state index in [2.05, 4.69) is 5.32 Å². The third kappa shape index (κ3) is 5.03. The number of thioether (sulfide) groups is 1. The molecule has 2 heterocycles. The Labute approximate surface area is 197 Å². The summed E-state index contributed by atoms with van der Waals surface area (Å²) in [5, 5.41) is 2.95. The van der Waals surface area contributed by atoms with E-state index in [9.17, 15) is 14.4 Å². The van der Waals surface area contributed by atoms with Crippen LogP contribution in [0.15, 0.2) is 65.6 Å². The van der Waals surface area contributed by atoms with Gasteiger partial charge in [-0.05, 0) is 50.1 Å². The second-order valence-corrected chi connectivity index (χ2v) is 9.44. The average Bonchev–Trinajstić information content (AvgIpc) is 3.27. The molecule has 0 radical (unpaired) electrons. The first-order valence-electron chi connectivity index (χ1n) is 10.9. The van der Waals surface area contributed by atoms with Crippen molar-refractivity contribution in [2.45, 2.75) is 33.4 Å². The number of hydrogen-bond donors (Lipinski definition) is 1. The van der Waals surface area contributed by atoms with Crippen LogP contribution in [-0.2, 0) is 11.3 Å². The number of anilines is 1. The highest BCUT2D eigenvalue weighted by Gasteiger charge is 2.36. The summed E-state index contributed by atoms with van der Waals surface area (Å²) in [4.78, 5) is 41.0. The lowest BCUT2D eigenvalue weighted by Gasteiger charge is -2.23. The number of aromatic nitrogens is 1. The maximum Gasteiger partial charge on any atom is 0.263 e. The molecule has 0 aliphatic carbocycles. The number of nitrogens with one attached hydrogen (secondary N) is 1. The molecular weight excluding hydrogens is 434 g/mol. The van der Waals surface area contributed by atoms with Gasteiger partial charge in [0.25, 0.3) is 11.5 Å². The SMILES string of the molecule is Cc1cccc(Cn2cccc(C(=O)N3CSCC3C(=O)Nc3ccc(C)cc3C)c2=O)c1. The standard InChI is InChI=1S/C26H27N3O3S/c1-17-6-4-7-20(13-17)14-28-11-5-8-21(25(28)31)26(32)29-16-33-15-23(29)24(30)27-22-10-9-18(2)12-19(22)3/h4-13,23H,14-16H2,1-3H3,(H,27,30). The molecule has 1 fully saturated rings. The van der Waals surface area contributed by atoms with Crippen LogP contribution in [0.2, 0.25) is 0 Å². The van der Waals surface area contributed by atoms with Crippen LogP contribution in [0.4, 0.5) is 5.69 Å². The molecule has 7 heteroatoms. The zero-order valence-electron chi connectivity index (χ0n) is 19.0. The Hall–Kier alpha value is -3.32. The van der Waals surface area contributed by atoms with E-state index >= 15 is 0 Å². The Bertz CT molecular complexity index is 1270. The molecule has 2 aromatic carbocycles. The monoisotopic (exact) mass is 461 g/mol. The van der Waals surface area contributed by atoms with Gasteiger partial charge in [0.2, 0.25) is 5.91 Å². The summed E-state index contributed by atoms with van der Waals surface area (Å²) in [5.74, 6) is 0.212. The van der Waals surface area contributed by atoms with Crippen molar-refractivity contribution < 1.29 is 9.59 Å². The molecule has 1 saturated heterocycles. The number of benzene rings is 2. The van der Waals surface area contributed by atoms with Crippen molar-refractivity contribution in [3.63, 3.8) is 0 Å². The molecule has 1 unspecified atom stereocenters. The molecule has 6 nitrogen and oxygen atoms in total. The number of carbonyl (C=O) groups is 2. The van der Waals surface area contributed by atoms with E-state index in [1.54, 1.807) is 18.3 Å². The van der Waals surface area contributed by atoms with Crippen LogP contribution in [0.1, 0.15) is 32.6 Å². The van der Waals surface area contributed by atoms with Crippen LogP contribution in [0.25, 0.3) is 0 Å². The van der Waals surface area contributed by atoms with Crippen LogP contribution >= 0.6 is 11.8 Å². The highest BCUT2D eigenvalue weighted by Crippen LogP contribution is 2.25. The maximum atomic E-state index is 13.3. The van der Waals surface area contributed by atoms with Crippen LogP contribution in [0, 0.1) is 20.8 Å². The molecular formula is C26H27N3O3S. The smallest absolute Gasteiger partial charge is 0.263 e. The first-order chi connectivity index (χ1) is 15.8. The molecule has 0 bridgehead atoms. The van der Waals surface area contributed by atoms with Crippen molar-refractivity contribution in [2.75, 3.05) is 16.9 Å². The molecule has 4 rings (SSSR count). The number of pyridine rings is 1. The first-order valence-corrected chi connectivity index (χ1v) is 12.0. The molecule has 1 aromatic heterocycles. The van der Waals surface area contributed by atoms with E-state index < -0.39 is 11.9 Å². The molecule has 0 spiro atoms. The largest absolute Gasteiger partial charge is 0.324 e. The van der Waals surface area contributed by atoms with E-state index in [4.69, 9.17) is 0 Å². The highest BCUT2D eigenvalue weighted by atomic mass is 32.2. The second kappa shape index (κ2) is 9.67. The van der Waals surface area contributed by atoms with Gasteiger partial charge in [-0.2, -0.15) is 0 Å². The average molecular weight is 462 g/mol. The number of rotatable bonds is 5. The van der Waals surface area contributed by atoms with E-state index in [-0.39, 0.29) is 17.0 Å². The third-order valence-corrected chi connectivity index (χ3v) is 6.78. The van der Waals surface area contributed by atoms with Gasteiger partial charge in [-0.25, -0.2) is 0 Å². The van der Waals surface area contributed by atoms with Crippen molar-refractivity contribution in [3.05, 3.63) is 99.0 Å². The number of aryl methyl sites for hydroxylation is 3. The lowest BCUT2D eigenvalue weighted by molar-refractivity contribution is -0.119. The Morgan fingerprint density at radius 2 is 1.82 bits per heavy atom. The minimum Gasteiger partial charge on any atom is -0.324 e. The molecule has 1 aliphatic rings. The topological polar surface area (TPSA) is 71.4 Å². The molecule has 170 valence electrons. The Kier molecular flexibility index (Phi) is 6.70. The maximum absolute atomic E-state index is 13.3. The van der Waals surface area contributed by atoms with Gasteiger partial charge in [0.15, 0.2) is 0 Å². The van der Waals surface area contributed by atoms with Crippen LogP contribution in [0.3, 0.4) is 0 Å². The summed E-state index contributed by atoms with van der Waals surface area (Å²) in [5.41, 5.74) is 4.64. The van der Waals surface area contributed by atoms with Gasteiger partial charge in [-0.3, -0.25) is 14.4 Å². The molecule has 2 amide bonds. The van der Waals surface area contributed by atoms with Crippen molar-refractivity contribution in [1.82, 2.24) is 9.47 Å². The highest BCUT2D eigenvalue weighted by molar-refractivity contribution is 7.99. The molecule has 1 atom stereocenters. The number of nitrogens with zero attached hydrogens (tertiary/aromatic N) is 2. The molecule has 33 heavy (non-hydrogen) atoms. The van der Waals surface area contributed by atoms with Crippen molar-refractivity contribution >= 4 is 29.3 Å². The summed E-state index contributed by atoms with van der Waals surface area (Å²) < 4.78 is 1.54. The Morgan fingerprint density at radius 3 is 2.58 bits per heavy atom. The quantitative estimate of drug-likeness (QED) is 0.624. The zero-order valence-corrected chi connectivity index (χ0v) is 19.8. The van der Waals surface area contributed by atoms with Gasteiger partial charge in [-0.1, -0.05) is 47.5 Å². The predicted octanol–water partition coefficient (Wildman–Crippen LogP) is 3.98. The summed E-state index contributed by atoms with van der Waals surface area (Å²) in [6, 6.07) is 16.4. The molecule has 1 N–H and O–H groups in total.